The topological polar surface area (TPSA) is 58.5 Å². The highest BCUT2D eigenvalue weighted by atomic mass is 79.9. The van der Waals surface area contributed by atoms with Gasteiger partial charge in [-0.25, -0.2) is 0 Å². The lowest BCUT2D eigenvalue weighted by atomic mass is 10.3. The van der Waals surface area contributed by atoms with Crippen LogP contribution in [0.5, 0.6) is 0 Å². The summed E-state index contributed by atoms with van der Waals surface area (Å²) >= 11 is 9.07. The van der Waals surface area contributed by atoms with Crippen LogP contribution in [-0.2, 0) is 4.79 Å². The highest BCUT2D eigenvalue weighted by Crippen LogP contribution is 2.29. The van der Waals surface area contributed by atoms with Crippen molar-refractivity contribution in [2.24, 2.45) is 5.18 Å². The van der Waals surface area contributed by atoms with Gasteiger partial charge in [-0.1, -0.05) is 22.8 Å². The molecule has 0 atom stereocenters. The van der Waals surface area contributed by atoms with Crippen LogP contribution in [0.3, 0.4) is 0 Å². The van der Waals surface area contributed by atoms with E-state index in [0.717, 1.165) is 0 Å². The van der Waals surface area contributed by atoms with Crippen LogP contribution in [0.1, 0.15) is 0 Å². The minimum Gasteiger partial charge on any atom is -0.323 e. The normalized spacial score (nSPS) is 9.57. The van der Waals surface area contributed by atoms with E-state index in [1.807, 2.05) is 0 Å². The Morgan fingerprint density at radius 2 is 2.29 bits per heavy atom. The minimum atomic E-state index is -0.486. The van der Waals surface area contributed by atoms with Gasteiger partial charge in [0, 0.05) is 4.47 Å². The Bertz CT molecular complexity index is 370. The predicted octanol–water partition coefficient (Wildman–Crippen LogP) is 2.81. The zero-order valence-corrected chi connectivity index (χ0v) is 9.30. The highest BCUT2D eigenvalue weighted by Gasteiger charge is 2.07. The predicted molar refractivity (Wildman–Crippen MR) is 58.4 cm³/mol. The third kappa shape index (κ3) is 2.78. The van der Waals surface area contributed by atoms with E-state index in [1.165, 1.54) is 0 Å². The lowest BCUT2D eigenvalue weighted by Gasteiger charge is -2.05. The van der Waals surface area contributed by atoms with Crippen molar-refractivity contribution in [1.82, 2.24) is 0 Å². The molecule has 1 aromatic carbocycles. The van der Waals surface area contributed by atoms with Crippen molar-refractivity contribution in [3.05, 3.63) is 32.6 Å². The number of nitrogens with one attached hydrogen (secondary N) is 1. The molecular formula is C8H6BrClN2O2. The van der Waals surface area contributed by atoms with Crippen molar-refractivity contribution in [3.63, 3.8) is 0 Å². The van der Waals surface area contributed by atoms with Gasteiger partial charge >= 0.3 is 0 Å². The molecule has 0 unspecified atom stereocenters. The van der Waals surface area contributed by atoms with Crippen molar-refractivity contribution in [3.8, 4) is 0 Å². The lowest BCUT2D eigenvalue weighted by Crippen LogP contribution is -2.14. The zero-order valence-electron chi connectivity index (χ0n) is 6.96. The van der Waals surface area contributed by atoms with E-state index < -0.39 is 12.5 Å². The lowest BCUT2D eigenvalue weighted by molar-refractivity contribution is -0.114. The summed E-state index contributed by atoms with van der Waals surface area (Å²) in [6.45, 7) is -0.414. The van der Waals surface area contributed by atoms with Crippen LogP contribution < -0.4 is 5.32 Å². The second kappa shape index (κ2) is 5.07. The van der Waals surface area contributed by atoms with Crippen LogP contribution in [0.2, 0.25) is 5.02 Å². The molecule has 74 valence electrons. The van der Waals surface area contributed by atoms with Gasteiger partial charge in [-0.3, -0.25) is 4.79 Å². The Morgan fingerprint density at radius 3 is 2.93 bits per heavy atom. The van der Waals surface area contributed by atoms with Crippen LogP contribution in [0.4, 0.5) is 5.69 Å². The number of hydrogen-bond donors (Lipinski definition) is 1. The molecular weight excluding hydrogens is 271 g/mol. The molecule has 1 aromatic rings. The maximum atomic E-state index is 11.0. The Kier molecular flexibility index (Phi) is 4.03. The van der Waals surface area contributed by atoms with E-state index >= 15 is 0 Å². The summed E-state index contributed by atoms with van der Waals surface area (Å²) in [5, 5.41) is 5.32. The molecule has 6 heteroatoms. The smallest absolute Gasteiger partial charge is 0.249 e. The number of nitroso groups, excluding NO2 is 1. The Hall–Kier alpha value is -0.940. The number of carbonyl (C=O) groups is 1. The monoisotopic (exact) mass is 276 g/mol. The second-order valence-corrected chi connectivity index (χ2v) is 3.67. The number of nitrogens with zero attached hydrogens (tertiary/aromatic N) is 1. The van der Waals surface area contributed by atoms with Gasteiger partial charge < -0.3 is 5.32 Å². The fraction of sp³-hybridized carbons (Fsp3) is 0.125. The van der Waals surface area contributed by atoms with Gasteiger partial charge in [0.15, 0.2) is 6.54 Å². The molecule has 0 spiro atoms. The maximum absolute atomic E-state index is 11.0. The SMILES string of the molecule is O=NCC(=O)Nc1cccc(Br)c1Cl. The molecule has 0 bridgehead atoms. The summed E-state index contributed by atoms with van der Waals surface area (Å²) in [5.41, 5.74) is 0.453. The number of halogens is 2. The number of anilines is 1. The Morgan fingerprint density at radius 1 is 1.57 bits per heavy atom. The van der Waals surface area contributed by atoms with Crippen molar-refractivity contribution in [1.29, 1.82) is 0 Å². The third-order valence-corrected chi connectivity index (χ3v) is 2.73. The largest absolute Gasteiger partial charge is 0.323 e. The van der Waals surface area contributed by atoms with E-state index in [0.29, 0.717) is 15.2 Å². The number of carbonyl (C=O) groups excluding carboxylic acids is 1. The van der Waals surface area contributed by atoms with Crippen molar-refractivity contribution >= 4 is 39.1 Å². The molecule has 1 N–H and O–H groups in total. The molecule has 0 aliphatic rings. The zero-order chi connectivity index (χ0) is 10.6. The van der Waals surface area contributed by atoms with Gasteiger partial charge in [0.1, 0.15) is 0 Å². The van der Waals surface area contributed by atoms with E-state index in [9.17, 15) is 9.70 Å². The first-order valence-electron chi connectivity index (χ1n) is 3.68. The summed E-state index contributed by atoms with van der Waals surface area (Å²) in [7, 11) is 0. The summed E-state index contributed by atoms with van der Waals surface area (Å²) in [5.74, 6) is -0.486. The summed E-state index contributed by atoms with van der Waals surface area (Å²) < 4.78 is 0.677. The molecule has 0 aliphatic carbocycles. The molecule has 1 rings (SSSR count). The summed E-state index contributed by atoms with van der Waals surface area (Å²) in [4.78, 5) is 20.8. The van der Waals surface area contributed by atoms with Gasteiger partial charge in [-0.05, 0) is 28.1 Å². The van der Waals surface area contributed by atoms with Crippen LogP contribution in [-0.4, -0.2) is 12.5 Å². The molecule has 1 amide bonds. The highest BCUT2D eigenvalue weighted by molar-refractivity contribution is 9.10. The third-order valence-electron chi connectivity index (χ3n) is 1.43. The summed E-state index contributed by atoms with van der Waals surface area (Å²) in [6, 6.07) is 5.10. The second-order valence-electron chi connectivity index (χ2n) is 2.44. The first-order valence-corrected chi connectivity index (χ1v) is 4.85. The molecule has 0 radical (unpaired) electrons. The van der Waals surface area contributed by atoms with Crippen molar-refractivity contribution in [2.75, 3.05) is 11.9 Å². The van der Waals surface area contributed by atoms with E-state index in [1.54, 1.807) is 18.2 Å². The molecule has 0 heterocycles. The van der Waals surface area contributed by atoms with Crippen LogP contribution in [0.15, 0.2) is 27.8 Å². The minimum absolute atomic E-state index is 0.395. The fourth-order valence-electron chi connectivity index (χ4n) is 0.849. The molecule has 14 heavy (non-hydrogen) atoms. The number of rotatable bonds is 3. The van der Waals surface area contributed by atoms with Crippen LogP contribution in [0.25, 0.3) is 0 Å². The van der Waals surface area contributed by atoms with E-state index in [-0.39, 0.29) is 0 Å². The van der Waals surface area contributed by atoms with Gasteiger partial charge in [0.25, 0.3) is 0 Å². The molecule has 0 aliphatic heterocycles. The molecule has 0 aromatic heterocycles. The molecule has 4 nitrogen and oxygen atoms in total. The van der Waals surface area contributed by atoms with Gasteiger partial charge in [0.05, 0.1) is 10.7 Å². The molecule has 0 saturated heterocycles. The Labute approximate surface area is 93.7 Å². The molecule has 0 saturated carbocycles. The van der Waals surface area contributed by atoms with Gasteiger partial charge in [0.2, 0.25) is 5.91 Å². The fourth-order valence-corrected chi connectivity index (χ4v) is 1.39. The molecule has 0 fully saturated rings. The quantitative estimate of drug-likeness (QED) is 0.864. The Balaban J connectivity index is 2.81. The first-order chi connectivity index (χ1) is 6.65. The number of hydrogen-bond acceptors (Lipinski definition) is 3. The van der Waals surface area contributed by atoms with E-state index in [2.05, 4.69) is 26.4 Å². The van der Waals surface area contributed by atoms with Crippen LogP contribution >= 0.6 is 27.5 Å². The van der Waals surface area contributed by atoms with Gasteiger partial charge in [-0.15, -0.1) is 0 Å². The standard InChI is InChI=1S/C8H6BrClN2O2/c9-5-2-1-3-6(8(5)10)12-7(13)4-11-14/h1-3H,4H2,(H,12,13). The van der Waals surface area contributed by atoms with E-state index in [4.69, 9.17) is 11.6 Å². The van der Waals surface area contributed by atoms with Gasteiger partial charge in [-0.2, -0.15) is 4.91 Å². The first kappa shape index (κ1) is 11.1. The number of benzene rings is 1. The average Bonchev–Trinajstić information content (AvgIpc) is 2.13. The summed E-state index contributed by atoms with van der Waals surface area (Å²) in [6.07, 6.45) is 0. The van der Waals surface area contributed by atoms with Crippen molar-refractivity contribution in [2.45, 2.75) is 0 Å². The van der Waals surface area contributed by atoms with Crippen molar-refractivity contribution < 1.29 is 4.79 Å². The average molecular weight is 278 g/mol. The maximum Gasteiger partial charge on any atom is 0.249 e. The van der Waals surface area contributed by atoms with Crippen LogP contribution in [0, 0.1) is 4.91 Å². The number of amides is 1.